The third-order valence-corrected chi connectivity index (χ3v) is 4.55. The van der Waals surface area contributed by atoms with Gasteiger partial charge >= 0.3 is 5.97 Å². The standard InChI is InChI=1S/C11H14ClNO3S2/c1-7(14)13-9(11(15)16)4-5-17-6-8-2-3-10(12)18-8/h2-3,9H,4-6H2,1H3,(H,13,14)(H,15,16). The summed E-state index contributed by atoms with van der Waals surface area (Å²) in [7, 11) is 0. The van der Waals surface area contributed by atoms with Crippen molar-refractivity contribution in [2.45, 2.75) is 25.1 Å². The fourth-order valence-corrected chi connectivity index (χ4v) is 3.52. The Morgan fingerprint density at radius 1 is 1.56 bits per heavy atom. The maximum absolute atomic E-state index is 10.9. The van der Waals surface area contributed by atoms with E-state index in [9.17, 15) is 9.59 Å². The van der Waals surface area contributed by atoms with Gasteiger partial charge in [0.05, 0.1) is 4.34 Å². The first-order chi connectivity index (χ1) is 8.49. The van der Waals surface area contributed by atoms with Crippen LogP contribution in [0.25, 0.3) is 0 Å². The molecule has 1 amide bonds. The molecule has 0 bridgehead atoms. The summed E-state index contributed by atoms with van der Waals surface area (Å²) in [6.45, 7) is 1.32. The number of thiophene rings is 1. The van der Waals surface area contributed by atoms with Crippen molar-refractivity contribution < 1.29 is 14.7 Å². The zero-order valence-electron chi connectivity index (χ0n) is 9.81. The number of hydrogen-bond donors (Lipinski definition) is 2. The predicted octanol–water partition coefficient (Wildman–Crippen LogP) is 2.61. The van der Waals surface area contributed by atoms with Crippen molar-refractivity contribution in [1.29, 1.82) is 0 Å². The number of thioether (sulfide) groups is 1. The Morgan fingerprint density at radius 2 is 2.28 bits per heavy atom. The number of rotatable bonds is 7. The minimum Gasteiger partial charge on any atom is -0.480 e. The second-order valence-electron chi connectivity index (χ2n) is 3.64. The van der Waals surface area contributed by atoms with Gasteiger partial charge in [0, 0.05) is 17.6 Å². The summed E-state index contributed by atoms with van der Waals surface area (Å²) in [6.07, 6.45) is 0.415. The first-order valence-electron chi connectivity index (χ1n) is 5.31. The average molecular weight is 308 g/mol. The van der Waals surface area contributed by atoms with Crippen LogP contribution in [0.1, 0.15) is 18.2 Å². The van der Waals surface area contributed by atoms with Gasteiger partial charge < -0.3 is 10.4 Å². The maximum atomic E-state index is 10.9. The first kappa shape index (κ1) is 15.3. The number of hydrogen-bond acceptors (Lipinski definition) is 4. The Balaban J connectivity index is 2.26. The second kappa shape index (κ2) is 7.66. The number of aliphatic carboxylic acids is 1. The second-order valence-corrected chi connectivity index (χ2v) is 6.54. The van der Waals surface area contributed by atoms with Crippen LogP contribution in [0.4, 0.5) is 0 Å². The van der Waals surface area contributed by atoms with E-state index in [1.54, 1.807) is 11.8 Å². The number of amides is 1. The lowest BCUT2D eigenvalue weighted by Crippen LogP contribution is -2.39. The van der Waals surface area contributed by atoms with Crippen LogP contribution >= 0.6 is 34.7 Å². The molecule has 7 heteroatoms. The molecule has 0 aromatic carbocycles. The van der Waals surface area contributed by atoms with Gasteiger partial charge in [-0.1, -0.05) is 11.6 Å². The Labute approximate surface area is 119 Å². The average Bonchev–Trinajstić information content (AvgIpc) is 2.68. The number of carboxylic acids is 1. The summed E-state index contributed by atoms with van der Waals surface area (Å²) in [6, 6.07) is 3.00. The predicted molar refractivity (Wildman–Crippen MR) is 75.3 cm³/mol. The van der Waals surface area contributed by atoms with E-state index >= 15 is 0 Å². The molecule has 1 atom stereocenters. The monoisotopic (exact) mass is 307 g/mol. The van der Waals surface area contributed by atoms with E-state index in [0.717, 1.165) is 15.0 Å². The molecular weight excluding hydrogens is 294 g/mol. The van der Waals surface area contributed by atoms with Crippen LogP contribution in [0.5, 0.6) is 0 Å². The minimum atomic E-state index is -0.995. The molecule has 0 spiro atoms. The number of carboxylic acid groups (broad SMARTS) is 1. The van der Waals surface area contributed by atoms with Gasteiger partial charge in [-0.25, -0.2) is 4.79 Å². The van der Waals surface area contributed by atoms with Gasteiger partial charge in [-0.3, -0.25) is 4.79 Å². The van der Waals surface area contributed by atoms with Gasteiger partial charge in [0.2, 0.25) is 5.91 Å². The first-order valence-corrected chi connectivity index (χ1v) is 7.66. The Morgan fingerprint density at radius 3 is 2.78 bits per heavy atom. The maximum Gasteiger partial charge on any atom is 0.326 e. The number of carbonyl (C=O) groups is 2. The van der Waals surface area contributed by atoms with Crippen LogP contribution in [-0.2, 0) is 15.3 Å². The minimum absolute atomic E-state index is 0.322. The summed E-state index contributed by atoms with van der Waals surface area (Å²) in [5.41, 5.74) is 0. The molecule has 1 heterocycles. The van der Waals surface area contributed by atoms with E-state index < -0.39 is 12.0 Å². The molecule has 0 aliphatic carbocycles. The van der Waals surface area contributed by atoms with Crippen molar-refractivity contribution in [1.82, 2.24) is 5.32 Å². The van der Waals surface area contributed by atoms with E-state index in [-0.39, 0.29) is 5.91 Å². The number of carbonyl (C=O) groups excluding carboxylic acids is 1. The van der Waals surface area contributed by atoms with Crippen LogP contribution in [0.2, 0.25) is 4.34 Å². The Bertz CT molecular complexity index is 422. The van der Waals surface area contributed by atoms with Crippen molar-refractivity contribution in [3.05, 3.63) is 21.3 Å². The summed E-state index contributed by atoms with van der Waals surface area (Å²) in [5.74, 6) is 0.165. The molecule has 100 valence electrons. The van der Waals surface area contributed by atoms with Crippen molar-refractivity contribution in [2.24, 2.45) is 0 Å². The quantitative estimate of drug-likeness (QED) is 0.760. The Kier molecular flexibility index (Phi) is 6.52. The number of halogens is 1. The van der Waals surface area contributed by atoms with E-state index in [0.29, 0.717) is 12.2 Å². The largest absolute Gasteiger partial charge is 0.480 e. The normalized spacial score (nSPS) is 12.1. The third-order valence-electron chi connectivity index (χ3n) is 2.10. The van der Waals surface area contributed by atoms with E-state index in [1.165, 1.54) is 18.3 Å². The third kappa shape index (κ3) is 5.75. The lowest BCUT2D eigenvalue weighted by atomic mass is 10.2. The topological polar surface area (TPSA) is 66.4 Å². The van der Waals surface area contributed by atoms with Crippen LogP contribution in [0.3, 0.4) is 0 Å². The van der Waals surface area contributed by atoms with Gasteiger partial charge in [-0.05, 0) is 24.3 Å². The molecule has 1 unspecified atom stereocenters. The van der Waals surface area contributed by atoms with Gasteiger partial charge in [0.1, 0.15) is 6.04 Å². The molecule has 0 aliphatic heterocycles. The van der Waals surface area contributed by atoms with Gasteiger partial charge in [-0.15, -0.1) is 11.3 Å². The zero-order valence-corrected chi connectivity index (χ0v) is 12.2. The fourth-order valence-electron chi connectivity index (χ4n) is 1.31. The molecule has 1 aromatic rings. The highest BCUT2D eigenvalue weighted by Crippen LogP contribution is 2.25. The molecule has 0 saturated heterocycles. The molecule has 1 rings (SSSR count). The van der Waals surface area contributed by atoms with Crippen molar-refractivity contribution in [3.63, 3.8) is 0 Å². The summed E-state index contributed by atoms with van der Waals surface area (Å²) >= 11 is 8.96. The van der Waals surface area contributed by atoms with E-state index in [4.69, 9.17) is 16.7 Å². The van der Waals surface area contributed by atoms with Gasteiger partial charge in [0.25, 0.3) is 0 Å². The Hall–Kier alpha value is -0.720. The van der Waals surface area contributed by atoms with Crippen LogP contribution in [0.15, 0.2) is 12.1 Å². The van der Waals surface area contributed by atoms with E-state index in [1.807, 2.05) is 12.1 Å². The molecule has 18 heavy (non-hydrogen) atoms. The summed E-state index contributed by atoms with van der Waals surface area (Å²) < 4.78 is 0.757. The molecule has 0 radical (unpaired) electrons. The SMILES string of the molecule is CC(=O)NC(CCSCc1ccc(Cl)s1)C(=O)O. The molecule has 0 fully saturated rings. The van der Waals surface area contributed by atoms with Crippen LogP contribution in [0, 0.1) is 0 Å². The van der Waals surface area contributed by atoms with Crippen molar-refractivity contribution in [2.75, 3.05) is 5.75 Å². The van der Waals surface area contributed by atoms with Gasteiger partial charge in [-0.2, -0.15) is 11.8 Å². The summed E-state index contributed by atoms with van der Waals surface area (Å²) in [5, 5.41) is 11.3. The molecule has 2 N–H and O–H groups in total. The highest BCUT2D eigenvalue weighted by molar-refractivity contribution is 7.98. The zero-order chi connectivity index (χ0) is 13.5. The number of nitrogens with one attached hydrogen (secondary N) is 1. The fraction of sp³-hybridized carbons (Fsp3) is 0.455. The lowest BCUT2D eigenvalue weighted by Gasteiger charge is -2.12. The lowest BCUT2D eigenvalue weighted by molar-refractivity contribution is -0.141. The highest BCUT2D eigenvalue weighted by atomic mass is 35.5. The smallest absolute Gasteiger partial charge is 0.326 e. The van der Waals surface area contributed by atoms with Crippen molar-refractivity contribution in [3.8, 4) is 0 Å². The molecule has 1 aromatic heterocycles. The van der Waals surface area contributed by atoms with Crippen LogP contribution < -0.4 is 5.32 Å². The van der Waals surface area contributed by atoms with Gasteiger partial charge in [0.15, 0.2) is 0 Å². The van der Waals surface area contributed by atoms with Crippen molar-refractivity contribution >= 4 is 46.6 Å². The summed E-state index contributed by atoms with van der Waals surface area (Å²) in [4.78, 5) is 22.8. The molecule has 0 aliphatic rings. The molecule has 4 nitrogen and oxygen atoms in total. The molecular formula is C11H14ClNO3S2. The molecule has 0 saturated carbocycles. The highest BCUT2D eigenvalue weighted by Gasteiger charge is 2.17. The van der Waals surface area contributed by atoms with E-state index in [2.05, 4.69) is 5.32 Å². The van der Waals surface area contributed by atoms with Crippen LogP contribution in [-0.4, -0.2) is 28.8 Å².